The number of carbonyl (C=O) groups excluding carboxylic acids is 1. The monoisotopic (exact) mass is 314 g/mol. The molecule has 2 rings (SSSR count). The van der Waals surface area contributed by atoms with Crippen molar-refractivity contribution in [2.75, 3.05) is 25.6 Å². The number of anilines is 2. The molecule has 0 saturated heterocycles. The van der Waals surface area contributed by atoms with Crippen LogP contribution in [0.1, 0.15) is 27.0 Å². The number of aryl methyl sites for hydroxylation is 3. The third kappa shape index (κ3) is 4.50. The molecule has 0 aliphatic rings. The third-order valence-electron chi connectivity index (χ3n) is 3.42. The van der Waals surface area contributed by atoms with E-state index in [4.69, 9.17) is 4.74 Å². The fourth-order valence-electron chi connectivity index (χ4n) is 2.37. The number of amides is 1. The van der Waals surface area contributed by atoms with E-state index in [1.807, 2.05) is 13.8 Å². The largest absolute Gasteiger partial charge is 0.383 e. The zero-order valence-corrected chi connectivity index (χ0v) is 13.9. The second kappa shape index (κ2) is 7.69. The molecule has 0 bridgehead atoms. The van der Waals surface area contributed by atoms with E-state index in [-0.39, 0.29) is 5.91 Å². The van der Waals surface area contributed by atoms with Crippen LogP contribution in [0.3, 0.4) is 0 Å². The number of ether oxygens (including phenoxy) is 1. The Morgan fingerprint density at radius 3 is 2.30 bits per heavy atom. The molecule has 0 unspecified atom stereocenters. The number of nitrogens with one attached hydrogen (secondary N) is 2. The van der Waals surface area contributed by atoms with Crippen LogP contribution in [-0.4, -0.2) is 36.1 Å². The molecule has 0 radical (unpaired) electrons. The van der Waals surface area contributed by atoms with Crippen molar-refractivity contribution in [3.05, 3.63) is 46.8 Å². The number of rotatable bonds is 6. The summed E-state index contributed by atoms with van der Waals surface area (Å²) in [6.07, 6.45) is 3.02. The van der Waals surface area contributed by atoms with Crippen molar-refractivity contribution in [3.8, 4) is 0 Å². The van der Waals surface area contributed by atoms with Gasteiger partial charge in [0, 0.05) is 31.7 Å². The predicted molar refractivity (Wildman–Crippen MR) is 90.2 cm³/mol. The average molecular weight is 314 g/mol. The van der Waals surface area contributed by atoms with Gasteiger partial charge >= 0.3 is 0 Å². The Kier molecular flexibility index (Phi) is 5.65. The second-order valence-electron chi connectivity index (χ2n) is 5.44. The molecule has 1 aromatic heterocycles. The van der Waals surface area contributed by atoms with Gasteiger partial charge in [0.05, 0.1) is 12.2 Å². The van der Waals surface area contributed by atoms with Crippen molar-refractivity contribution < 1.29 is 9.53 Å². The summed E-state index contributed by atoms with van der Waals surface area (Å²) in [6.45, 7) is 7.08. The Balaban J connectivity index is 2.07. The first-order valence-electron chi connectivity index (χ1n) is 7.45. The lowest BCUT2D eigenvalue weighted by atomic mass is 10.1. The lowest BCUT2D eigenvalue weighted by Gasteiger charge is -2.12. The summed E-state index contributed by atoms with van der Waals surface area (Å²) in [4.78, 5) is 20.3. The van der Waals surface area contributed by atoms with Crippen LogP contribution in [0.15, 0.2) is 24.5 Å². The van der Waals surface area contributed by atoms with E-state index < -0.39 is 0 Å². The molecule has 0 fully saturated rings. The van der Waals surface area contributed by atoms with Gasteiger partial charge in [-0.15, -0.1) is 0 Å². The van der Waals surface area contributed by atoms with E-state index in [2.05, 4.69) is 39.7 Å². The quantitative estimate of drug-likeness (QED) is 0.801. The summed E-state index contributed by atoms with van der Waals surface area (Å²) in [7, 11) is 1.59. The molecular weight excluding hydrogens is 292 g/mol. The fraction of sp³-hybridized carbons (Fsp3) is 0.353. The van der Waals surface area contributed by atoms with E-state index in [0.29, 0.717) is 24.7 Å². The van der Waals surface area contributed by atoms with E-state index in [1.54, 1.807) is 7.11 Å². The minimum atomic E-state index is -0.212. The summed E-state index contributed by atoms with van der Waals surface area (Å²) in [5.74, 6) is 0.254. The van der Waals surface area contributed by atoms with Crippen LogP contribution in [-0.2, 0) is 4.74 Å². The molecule has 0 atom stereocenters. The fourth-order valence-corrected chi connectivity index (χ4v) is 2.37. The van der Waals surface area contributed by atoms with E-state index in [9.17, 15) is 4.79 Å². The van der Waals surface area contributed by atoms with Gasteiger partial charge in [0.1, 0.15) is 0 Å². The number of carbonyl (C=O) groups is 1. The van der Waals surface area contributed by atoms with Crippen molar-refractivity contribution in [2.24, 2.45) is 0 Å². The second-order valence-corrected chi connectivity index (χ2v) is 5.44. The summed E-state index contributed by atoms with van der Waals surface area (Å²) >= 11 is 0. The number of hydrogen-bond acceptors (Lipinski definition) is 5. The molecule has 23 heavy (non-hydrogen) atoms. The highest BCUT2D eigenvalue weighted by molar-refractivity contribution is 5.93. The van der Waals surface area contributed by atoms with Crippen molar-refractivity contribution in [1.82, 2.24) is 15.3 Å². The molecule has 2 aromatic rings. The molecule has 2 N–H and O–H groups in total. The molecule has 1 heterocycles. The van der Waals surface area contributed by atoms with Gasteiger partial charge in [0.25, 0.3) is 5.91 Å². The molecule has 122 valence electrons. The van der Waals surface area contributed by atoms with Crippen molar-refractivity contribution in [1.29, 1.82) is 0 Å². The topological polar surface area (TPSA) is 76.1 Å². The van der Waals surface area contributed by atoms with Gasteiger partial charge in [0.2, 0.25) is 5.95 Å². The molecule has 6 nitrogen and oxygen atoms in total. The smallest absolute Gasteiger partial charge is 0.254 e. The molecule has 1 amide bonds. The Morgan fingerprint density at radius 1 is 1.13 bits per heavy atom. The highest BCUT2D eigenvalue weighted by Gasteiger charge is 2.09. The van der Waals surface area contributed by atoms with Gasteiger partial charge in [-0.25, -0.2) is 9.97 Å². The van der Waals surface area contributed by atoms with Gasteiger partial charge in [-0.05, 0) is 31.9 Å². The van der Waals surface area contributed by atoms with Gasteiger partial charge in [-0.1, -0.05) is 17.7 Å². The van der Waals surface area contributed by atoms with Crippen LogP contribution < -0.4 is 10.6 Å². The van der Waals surface area contributed by atoms with Gasteiger partial charge < -0.3 is 15.4 Å². The predicted octanol–water partition coefficient (Wildman–Crippen LogP) is 2.52. The Labute approximate surface area is 136 Å². The van der Waals surface area contributed by atoms with E-state index in [0.717, 1.165) is 16.8 Å². The zero-order valence-electron chi connectivity index (χ0n) is 13.9. The standard InChI is InChI=1S/C17H22N4O2/c1-11-7-12(2)15(13(3)8-11)21-17-19-9-14(10-20-17)16(22)18-5-6-23-4/h7-10H,5-6H2,1-4H3,(H,18,22)(H,19,20,21). The minimum absolute atomic E-state index is 0.212. The molecular formula is C17H22N4O2. The van der Waals surface area contributed by atoms with Crippen molar-refractivity contribution in [3.63, 3.8) is 0 Å². The number of benzene rings is 1. The number of nitrogens with zero attached hydrogens (tertiary/aromatic N) is 2. The summed E-state index contributed by atoms with van der Waals surface area (Å²) in [5.41, 5.74) is 4.89. The Bertz CT molecular complexity index is 660. The number of hydrogen-bond donors (Lipinski definition) is 2. The lowest BCUT2D eigenvalue weighted by molar-refractivity contribution is 0.0936. The van der Waals surface area contributed by atoms with Crippen LogP contribution in [0, 0.1) is 20.8 Å². The normalized spacial score (nSPS) is 10.4. The zero-order chi connectivity index (χ0) is 16.8. The highest BCUT2D eigenvalue weighted by Crippen LogP contribution is 2.24. The van der Waals surface area contributed by atoms with Crippen molar-refractivity contribution >= 4 is 17.5 Å². The maximum Gasteiger partial charge on any atom is 0.254 e. The van der Waals surface area contributed by atoms with E-state index in [1.165, 1.54) is 18.0 Å². The molecule has 6 heteroatoms. The number of methoxy groups -OCH3 is 1. The van der Waals surface area contributed by atoms with Gasteiger partial charge in [-0.2, -0.15) is 0 Å². The first-order chi connectivity index (χ1) is 11.0. The van der Waals surface area contributed by atoms with Crippen LogP contribution in [0.2, 0.25) is 0 Å². The molecule has 0 spiro atoms. The SMILES string of the molecule is COCCNC(=O)c1cnc(Nc2c(C)cc(C)cc2C)nc1. The summed E-state index contributed by atoms with van der Waals surface area (Å²) in [5, 5.41) is 5.94. The Hall–Kier alpha value is -2.47. The first kappa shape index (κ1) is 16.9. The van der Waals surface area contributed by atoms with Gasteiger partial charge in [0.15, 0.2) is 0 Å². The summed E-state index contributed by atoms with van der Waals surface area (Å²) < 4.78 is 4.89. The molecule has 0 aliphatic heterocycles. The average Bonchev–Trinajstić information content (AvgIpc) is 2.51. The third-order valence-corrected chi connectivity index (χ3v) is 3.42. The Morgan fingerprint density at radius 2 is 1.74 bits per heavy atom. The van der Waals surface area contributed by atoms with Crippen LogP contribution in [0.25, 0.3) is 0 Å². The lowest BCUT2D eigenvalue weighted by Crippen LogP contribution is -2.27. The van der Waals surface area contributed by atoms with E-state index >= 15 is 0 Å². The summed E-state index contributed by atoms with van der Waals surface area (Å²) in [6, 6.07) is 4.21. The van der Waals surface area contributed by atoms with Gasteiger partial charge in [-0.3, -0.25) is 4.79 Å². The maximum absolute atomic E-state index is 11.9. The first-order valence-corrected chi connectivity index (χ1v) is 7.45. The minimum Gasteiger partial charge on any atom is -0.383 e. The van der Waals surface area contributed by atoms with Crippen LogP contribution in [0.5, 0.6) is 0 Å². The highest BCUT2D eigenvalue weighted by atomic mass is 16.5. The van der Waals surface area contributed by atoms with Crippen LogP contribution in [0.4, 0.5) is 11.6 Å². The molecule has 0 saturated carbocycles. The molecule has 1 aromatic carbocycles. The van der Waals surface area contributed by atoms with Crippen LogP contribution >= 0.6 is 0 Å². The van der Waals surface area contributed by atoms with Crippen molar-refractivity contribution in [2.45, 2.75) is 20.8 Å². The molecule has 0 aliphatic carbocycles. The maximum atomic E-state index is 11.9. The number of aromatic nitrogens is 2.